The van der Waals surface area contributed by atoms with E-state index in [4.69, 9.17) is 21.3 Å². The Morgan fingerprint density at radius 2 is 1.90 bits per heavy atom. The van der Waals surface area contributed by atoms with Crippen molar-refractivity contribution in [2.24, 2.45) is 0 Å². The van der Waals surface area contributed by atoms with Crippen LogP contribution in [0.2, 0.25) is 0 Å². The summed E-state index contributed by atoms with van der Waals surface area (Å²) in [5.41, 5.74) is 1.40. The number of benzene rings is 1. The highest BCUT2D eigenvalue weighted by Crippen LogP contribution is 2.26. The minimum Gasteiger partial charge on any atom is -0.442 e. The predicted octanol–water partition coefficient (Wildman–Crippen LogP) is 2.73. The second kappa shape index (κ2) is 8.40. The average Bonchev–Trinajstić information content (AvgIpc) is 3.38. The Bertz CT molecular complexity index is 905. The molecule has 2 fully saturated rings. The van der Waals surface area contributed by atoms with Crippen molar-refractivity contribution in [3.63, 3.8) is 0 Å². The minimum absolute atomic E-state index is 0.0704. The quantitative estimate of drug-likeness (QED) is 0.675. The molecule has 0 bridgehead atoms. The zero-order valence-electron chi connectivity index (χ0n) is 15.3. The number of ether oxygens (including phenoxy) is 2. The van der Waals surface area contributed by atoms with Gasteiger partial charge in [-0.3, -0.25) is 14.5 Å². The first-order chi connectivity index (χ1) is 14.0. The highest BCUT2D eigenvalue weighted by atomic mass is 35.5. The van der Waals surface area contributed by atoms with E-state index >= 15 is 0 Å². The molecule has 1 aromatic heterocycles. The van der Waals surface area contributed by atoms with E-state index in [0.717, 1.165) is 10.1 Å². The van der Waals surface area contributed by atoms with E-state index in [-0.39, 0.29) is 31.5 Å². The highest BCUT2D eigenvalue weighted by Gasteiger charge is 2.34. The molecule has 4 rings (SSSR count). The lowest BCUT2D eigenvalue weighted by atomic mass is 10.2. The number of amides is 3. The molecule has 2 aromatic rings. The molecule has 0 spiro atoms. The second-order valence-corrected chi connectivity index (χ2v) is 7.91. The van der Waals surface area contributed by atoms with Crippen molar-refractivity contribution < 1.29 is 23.9 Å². The Kier molecular flexibility index (Phi) is 5.70. The number of cyclic esters (lactones) is 1. The van der Waals surface area contributed by atoms with Gasteiger partial charge in [0.1, 0.15) is 12.7 Å². The molecule has 0 saturated carbocycles. The van der Waals surface area contributed by atoms with Gasteiger partial charge in [-0.05, 0) is 35.7 Å². The fraction of sp³-hybridized carbons (Fsp3) is 0.316. The third-order valence-corrected chi connectivity index (χ3v) is 5.80. The topological polar surface area (TPSA) is 79.4 Å². The summed E-state index contributed by atoms with van der Waals surface area (Å²) < 4.78 is 11.5. The van der Waals surface area contributed by atoms with E-state index in [1.54, 1.807) is 46.7 Å². The number of hydrogen-bond acceptors (Lipinski definition) is 6. The number of rotatable bonds is 5. The van der Waals surface area contributed by atoms with Crippen molar-refractivity contribution in [1.82, 2.24) is 4.42 Å². The van der Waals surface area contributed by atoms with E-state index in [0.29, 0.717) is 23.7 Å². The molecule has 0 N–H and O–H groups in total. The minimum atomic E-state index is -0.538. The summed E-state index contributed by atoms with van der Waals surface area (Å²) in [5.74, 6) is -0.419. The Balaban J connectivity index is 1.39. The normalized spacial score (nSPS) is 19.4. The zero-order chi connectivity index (χ0) is 20.4. The van der Waals surface area contributed by atoms with E-state index in [1.807, 2.05) is 0 Å². The number of nitrogens with zero attached hydrogens (tertiary/aromatic N) is 3. The van der Waals surface area contributed by atoms with Crippen LogP contribution in [-0.4, -0.2) is 61.3 Å². The smallest absolute Gasteiger partial charge is 0.414 e. The molecule has 1 aromatic carbocycles. The molecule has 29 heavy (non-hydrogen) atoms. The van der Waals surface area contributed by atoms with Gasteiger partial charge in [-0.1, -0.05) is 6.07 Å². The molecule has 8 nitrogen and oxygen atoms in total. The predicted molar refractivity (Wildman–Crippen MR) is 108 cm³/mol. The Hall–Kier alpha value is -2.62. The third-order valence-electron chi connectivity index (χ3n) is 4.65. The van der Waals surface area contributed by atoms with Crippen LogP contribution in [0.5, 0.6) is 0 Å². The van der Waals surface area contributed by atoms with Crippen LogP contribution in [0.25, 0.3) is 0 Å². The summed E-state index contributed by atoms with van der Waals surface area (Å²) in [6, 6.07) is 10.6. The molecule has 0 aliphatic carbocycles. The summed E-state index contributed by atoms with van der Waals surface area (Å²) in [5, 5.41) is 1.80. The number of thiophene rings is 1. The van der Waals surface area contributed by atoms with E-state index in [1.165, 1.54) is 16.2 Å². The van der Waals surface area contributed by atoms with Crippen LogP contribution in [0.1, 0.15) is 9.67 Å². The van der Waals surface area contributed by atoms with Crippen LogP contribution in [0, 0.1) is 0 Å². The van der Waals surface area contributed by atoms with Crippen LogP contribution in [0.15, 0.2) is 41.8 Å². The molecule has 3 amide bonds. The van der Waals surface area contributed by atoms with Crippen LogP contribution in [0.4, 0.5) is 16.2 Å². The molecule has 0 unspecified atom stereocenters. The standard InChI is InChI=1S/C19H18ClN3O5S/c20-23(18(25)16-2-1-9-29-16)11-15-10-22(19(26)28-15)14-5-3-13(4-6-14)21-7-8-27-12-17(21)24/h1-6,9,15H,7-8,10-12H2/t15-/m0/s1. The summed E-state index contributed by atoms with van der Waals surface area (Å²) in [4.78, 5) is 40.1. The number of halogens is 1. The number of morpholine rings is 1. The fourth-order valence-corrected chi connectivity index (χ4v) is 4.18. The van der Waals surface area contributed by atoms with Gasteiger partial charge in [-0.2, -0.15) is 0 Å². The molecule has 3 heterocycles. The lowest BCUT2D eigenvalue weighted by Gasteiger charge is -2.27. The van der Waals surface area contributed by atoms with Gasteiger partial charge in [0.15, 0.2) is 0 Å². The number of carbonyl (C=O) groups is 3. The Morgan fingerprint density at radius 1 is 1.17 bits per heavy atom. The maximum Gasteiger partial charge on any atom is 0.414 e. The van der Waals surface area contributed by atoms with Gasteiger partial charge < -0.3 is 14.4 Å². The van der Waals surface area contributed by atoms with Crippen LogP contribution < -0.4 is 9.80 Å². The molecular formula is C19H18ClN3O5S. The monoisotopic (exact) mass is 435 g/mol. The van der Waals surface area contributed by atoms with Crippen molar-refractivity contribution in [2.45, 2.75) is 6.10 Å². The molecular weight excluding hydrogens is 418 g/mol. The van der Waals surface area contributed by atoms with Gasteiger partial charge in [-0.15, -0.1) is 11.3 Å². The third kappa shape index (κ3) is 4.21. The summed E-state index contributed by atoms with van der Waals surface area (Å²) in [6.45, 7) is 1.42. The summed E-state index contributed by atoms with van der Waals surface area (Å²) >= 11 is 7.40. The van der Waals surface area contributed by atoms with Gasteiger partial charge in [0, 0.05) is 29.7 Å². The highest BCUT2D eigenvalue weighted by molar-refractivity contribution is 7.12. The molecule has 2 aliphatic heterocycles. The number of anilines is 2. The lowest BCUT2D eigenvalue weighted by molar-refractivity contribution is -0.125. The largest absolute Gasteiger partial charge is 0.442 e. The van der Waals surface area contributed by atoms with Crippen molar-refractivity contribution in [3.05, 3.63) is 46.7 Å². The van der Waals surface area contributed by atoms with Crippen LogP contribution in [0.3, 0.4) is 0 Å². The van der Waals surface area contributed by atoms with Crippen molar-refractivity contribution >= 4 is 52.4 Å². The zero-order valence-corrected chi connectivity index (χ0v) is 16.9. The van der Waals surface area contributed by atoms with Crippen LogP contribution >= 0.6 is 23.1 Å². The van der Waals surface area contributed by atoms with Crippen molar-refractivity contribution in [1.29, 1.82) is 0 Å². The molecule has 2 saturated heterocycles. The first-order valence-corrected chi connectivity index (χ1v) is 10.2. The SMILES string of the molecule is O=C(c1cccs1)N(Cl)C[C@@H]1CN(c2ccc(N3CCOCC3=O)cc2)C(=O)O1. The maximum atomic E-state index is 12.3. The van der Waals surface area contributed by atoms with Gasteiger partial charge in [0.25, 0.3) is 11.8 Å². The van der Waals surface area contributed by atoms with Crippen molar-refractivity contribution in [2.75, 3.05) is 42.6 Å². The fourth-order valence-electron chi connectivity index (χ4n) is 3.21. The van der Waals surface area contributed by atoms with E-state index in [9.17, 15) is 14.4 Å². The Labute approximate surface area is 176 Å². The van der Waals surface area contributed by atoms with Crippen LogP contribution in [-0.2, 0) is 14.3 Å². The molecule has 152 valence electrons. The lowest BCUT2D eigenvalue weighted by Crippen LogP contribution is -2.41. The van der Waals surface area contributed by atoms with Crippen molar-refractivity contribution in [3.8, 4) is 0 Å². The number of hydrogen-bond donors (Lipinski definition) is 0. The average molecular weight is 436 g/mol. The van der Waals surface area contributed by atoms with Gasteiger partial charge >= 0.3 is 6.09 Å². The summed E-state index contributed by atoms with van der Waals surface area (Å²) in [7, 11) is 0. The van der Waals surface area contributed by atoms with Gasteiger partial charge in [0.2, 0.25) is 0 Å². The first-order valence-electron chi connectivity index (χ1n) is 9.00. The molecule has 1 atom stereocenters. The van der Waals surface area contributed by atoms with Gasteiger partial charge in [0.05, 0.1) is 24.6 Å². The van der Waals surface area contributed by atoms with E-state index < -0.39 is 12.2 Å². The van der Waals surface area contributed by atoms with E-state index in [2.05, 4.69) is 0 Å². The first kappa shape index (κ1) is 19.7. The Morgan fingerprint density at radius 3 is 2.55 bits per heavy atom. The van der Waals surface area contributed by atoms with Gasteiger partial charge in [-0.25, -0.2) is 9.21 Å². The summed E-state index contributed by atoms with van der Waals surface area (Å²) in [6.07, 6.45) is -1.04. The molecule has 10 heteroatoms. The maximum absolute atomic E-state index is 12.3. The molecule has 2 aliphatic rings. The molecule has 0 radical (unpaired) electrons. The number of carbonyl (C=O) groups excluding carboxylic acids is 3. The second-order valence-electron chi connectivity index (χ2n) is 6.56.